The summed E-state index contributed by atoms with van der Waals surface area (Å²) in [5.74, 6) is 0. The fourth-order valence-electron chi connectivity index (χ4n) is 1.69. The Morgan fingerprint density at radius 3 is 2.57 bits per heavy atom. The first-order valence-electron chi connectivity index (χ1n) is 6.18. The van der Waals surface area contributed by atoms with Crippen LogP contribution >= 0.6 is 11.8 Å². The van der Waals surface area contributed by atoms with E-state index in [1.54, 1.807) is 29.2 Å². The van der Waals surface area contributed by atoms with Gasteiger partial charge in [0.25, 0.3) is 0 Å². The molecule has 0 aliphatic rings. The van der Waals surface area contributed by atoms with Crippen LogP contribution in [0.3, 0.4) is 0 Å². The molecule has 1 aromatic carbocycles. The third kappa shape index (κ3) is 5.31. The number of hydrogen-bond donors (Lipinski definition) is 2. The third-order valence-corrected chi connectivity index (χ3v) is 3.36. The summed E-state index contributed by atoms with van der Waals surface area (Å²) in [4.78, 5) is 0.169. The van der Waals surface area contributed by atoms with Crippen molar-refractivity contribution in [1.82, 2.24) is 9.78 Å². The zero-order valence-corrected chi connectivity index (χ0v) is 11.8. The second-order valence-electron chi connectivity index (χ2n) is 4.26. The van der Waals surface area contributed by atoms with Crippen LogP contribution in [0, 0.1) is 0 Å². The molecule has 0 spiro atoms. The number of aromatic nitrogens is 2. The van der Waals surface area contributed by atoms with Crippen molar-refractivity contribution in [3.8, 4) is 0 Å². The van der Waals surface area contributed by atoms with Crippen molar-refractivity contribution in [2.24, 2.45) is 0 Å². The smallest absolute Gasteiger partial charge is 0.394 e. The van der Waals surface area contributed by atoms with Gasteiger partial charge >= 0.3 is 5.51 Å². The van der Waals surface area contributed by atoms with Gasteiger partial charge in [0.2, 0.25) is 0 Å². The Labute approximate surface area is 124 Å². The SMILES string of the molecule is OCCn1cc(NCc2ccc(SC(F)(F)F)cc2)cn1. The number of nitrogens with zero attached hydrogens (tertiary/aromatic N) is 2. The highest BCUT2D eigenvalue weighted by Gasteiger charge is 2.28. The van der Waals surface area contributed by atoms with Crippen molar-refractivity contribution in [2.75, 3.05) is 11.9 Å². The Morgan fingerprint density at radius 1 is 1.24 bits per heavy atom. The Bertz CT molecular complexity index is 569. The van der Waals surface area contributed by atoms with Gasteiger partial charge in [0, 0.05) is 17.6 Å². The Morgan fingerprint density at radius 2 is 1.95 bits per heavy atom. The quantitative estimate of drug-likeness (QED) is 0.804. The van der Waals surface area contributed by atoms with Crippen molar-refractivity contribution in [2.45, 2.75) is 23.5 Å². The molecule has 2 N–H and O–H groups in total. The van der Waals surface area contributed by atoms with Crippen LogP contribution in [0.5, 0.6) is 0 Å². The molecule has 0 bridgehead atoms. The van der Waals surface area contributed by atoms with E-state index in [9.17, 15) is 13.2 Å². The van der Waals surface area contributed by atoms with E-state index in [0.717, 1.165) is 11.3 Å². The van der Waals surface area contributed by atoms with Gasteiger partial charge in [-0.1, -0.05) is 12.1 Å². The lowest BCUT2D eigenvalue weighted by Crippen LogP contribution is -2.02. The Hall–Kier alpha value is -1.67. The van der Waals surface area contributed by atoms with Crippen molar-refractivity contribution in [1.29, 1.82) is 0 Å². The molecule has 4 nitrogen and oxygen atoms in total. The molecular weight excluding hydrogens is 303 g/mol. The van der Waals surface area contributed by atoms with E-state index in [4.69, 9.17) is 5.11 Å². The van der Waals surface area contributed by atoms with Crippen LogP contribution in [-0.2, 0) is 13.1 Å². The van der Waals surface area contributed by atoms with E-state index in [1.165, 1.54) is 12.1 Å². The lowest BCUT2D eigenvalue weighted by Gasteiger charge is -2.07. The maximum atomic E-state index is 12.2. The number of alkyl halides is 3. The molecular formula is C13H14F3N3OS. The van der Waals surface area contributed by atoms with E-state index in [-0.39, 0.29) is 23.3 Å². The molecule has 114 valence electrons. The summed E-state index contributed by atoms with van der Waals surface area (Å²) < 4.78 is 38.2. The highest BCUT2D eigenvalue weighted by atomic mass is 32.2. The first kappa shape index (κ1) is 15.7. The van der Waals surface area contributed by atoms with Gasteiger partial charge in [-0.3, -0.25) is 4.68 Å². The van der Waals surface area contributed by atoms with Crippen LogP contribution in [0.1, 0.15) is 5.56 Å². The predicted molar refractivity (Wildman–Crippen MR) is 75.0 cm³/mol. The minimum absolute atomic E-state index is 0.0133. The van der Waals surface area contributed by atoms with E-state index < -0.39 is 5.51 Å². The number of aliphatic hydroxyl groups is 1. The number of anilines is 1. The number of aliphatic hydroxyl groups excluding tert-OH is 1. The van der Waals surface area contributed by atoms with E-state index >= 15 is 0 Å². The summed E-state index contributed by atoms with van der Waals surface area (Å²) >= 11 is -0.125. The maximum absolute atomic E-state index is 12.2. The molecule has 0 unspecified atom stereocenters. The minimum Gasteiger partial charge on any atom is -0.394 e. The molecule has 1 heterocycles. The topological polar surface area (TPSA) is 50.1 Å². The number of thioether (sulfide) groups is 1. The second kappa shape index (κ2) is 6.86. The van der Waals surface area contributed by atoms with E-state index in [1.807, 2.05) is 0 Å². The van der Waals surface area contributed by atoms with Gasteiger partial charge in [0.05, 0.1) is 25.0 Å². The fraction of sp³-hybridized carbons (Fsp3) is 0.308. The van der Waals surface area contributed by atoms with E-state index in [2.05, 4.69) is 10.4 Å². The van der Waals surface area contributed by atoms with Gasteiger partial charge in [-0.25, -0.2) is 0 Å². The second-order valence-corrected chi connectivity index (χ2v) is 5.40. The zero-order valence-electron chi connectivity index (χ0n) is 11.0. The molecule has 21 heavy (non-hydrogen) atoms. The van der Waals surface area contributed by atoms with Gasteiger partial charge in [-0.05, 0) is 29.5 Å². The highest BCUT2D eigenvalue weighted by molar-refractivity contribution is 8.00. The van der Waals surface area contributed by atoms with Crippen molar-refractivity contribution >= 4 is 17.4 Å². The molecule has 0 radical (unpaired) electrons. The lowest BCUT2D eigenvalue weighted by atomic mass is 10.2. The van der Waals surface area contributed by atoms with Crippen molar-refractivity contribution in [3.63, 3.8) is 0 Å². The van der Waals surface area contributed by atoms with Crippen LogP contribution in [0.25, 0.3) is 0 Å². The van der Waals surface area contributed by atoms with Crippen LogP contribution in [0.15, 0.2) is 41.6 Å². The molecule has 0 atom stereocenters. The molecule has 0 amide bonds. The number of rotatable bonds is 6. The predicted octanol–water partition coefficient (Wildman–Crippen LogP) is 3.10. The lowest BCUT2D eigenvalue weighted by molar-refractivity contribution is -0.0328. The van der Waals surface area contributed by atoms with Gasteiger partial charge in [-0.15, -0.1) is 0 Å². The average Bonchev–Trinajstić information content (AvgIpc) is 2.84. The Balaban J connectivity index is 1.88. The van der Waals surface area contributed by atoms with E-state index in [0.29, 0.717) is 13.1 Å². The summed E-state index contributed by atoms with van der Waals surface area (Å²) in [6, 6.07) is 6.20. The summed E-state index contributed by atoms with van der Waals surface area (Å²) in [6.45, 7) is 0.923. The molecule has 8 heteroatoms. The van der Waals surface area contributed by atoms with Gasteiger partial charge in [-0.2, -0.15) is 18.3 Å². The summed E-state index contributed by atoms with van der Waals surface area (Å²) in [5, 5.41) is 15.9. The van der Waals surface area contributed by atoms with Crippen LogP contribution in [0.4, 0.5) is 18.9 Å². The molecule has 0 saturated heterocycles. The standard InChI is InChI=1S/C13H14F3N3OS/c14-13(15,16)21-12-3-1-10(2-4-12)7-17-11-8-18-19(9-11)5-6-20/h1-4,8-9,17,20H,5-7H2. The summed E-state index contributed by atoms with van der Waals surface area (Å²) in [7, 11) is 0. The summed E-state index contributed by atoms with van der Waals surface area (Å²) in [5.41, 5.74) is -2.60. The zero-order chi connectivity index (χ0) is 15.3. The van der Waals surface area contributed by atoms with Crippen LogP contribution < -0.4 is 5.32 Å². The minimum atomic E-state index is -4.26. The van der Waals surface area contributed by atoms with Gasteiger partial charge < -0.3 is 10.4 Å². The molecule has 0 saturated carbocycles. The Kier molecular flexibility index (Phi) is 5.13. The average molecular weight is 317 g/mol. The van der Waals surface area contributed by atoms with Gasteiger partial charge in [0.1, 0.15) is 0 Å². The largest absolute Gasteiger partial charge is 0.446 e. The van der Waals surface area contributed by atoms with Crippen molar-refractivity contribution in [3.05, 3.63) is 42.2 Å². The first-order chi connectivity index (χ1) is 9.96. The normalized spacial score (nSPS) is 11.6. The van der Waals surface area contributed by atoms with Crippen LogP contribution in [-0.4, -0.2) is 27.0 Å². The fourth-order valence-corrected chi connectivity index (χ4v) is 2.23. The monoisotopic (exact) mass is 317 g/mol. The number of benzene rings is 1. The molecule has 2 rings (SSSR count). The summed E-state index contributed by atoms with van der Waals surface area (Å²) in [6.07, 6.45) is 3.38. The number of nitrogens with one attached hydrogen (secondary N) is 1. The molecule has 0 fully saturated rings. The number of hydrogen-bond acceptors (Lipinski definition) is 4. The third-order valence-electron chi connectivity index (χ3n) is 2.62. The first-order valence-corrected chi connectivity index (χ1v) is 7.00. The van der Waals surface area contributed by atoms with Crippen molar-refractivity contribution < 1.29 is 18.3 Å². The molecule has 2 aromatic rings. The van der Waals surface area contributed by atoms with Crippen LogP contribution in [0.2, 0.25) is 0 Å². The maximum Gasteiger partial charge on any atom is 0.446 e. The molecule has 1 aromatic heterocycles. The molecule has 0 aliphatic carbocycles. The molecule has 0 aliphatic heterocycles. The number of halogens is 3. The highest BCUT2D eigenvalue weighted by Crippen LogP contribution is 2.36. The van der Waals surface area contributed by atoms with Gasteiger partial charge in [0.15, 0.2) is 0 Å².